The average Bonchev–Trinajstić information content (AvgIpc) is 2.44. The second kappa shape index (κ2) is 5.99. The van der Waals surface area contributed by atoms with E-state index in [2.05, 4.69) is 20.6 Å². The zero-order valence-electron chi connectivity index (χ0n) is 10.8. The summed E-state index contributed by atoms with van der Waals surface area (Å²) in [6.45, 7) is 2.53. The van der Waals surface area contributed by atoms with Crippen LogP contribution in [-0.4, -0.2) is 23.6 Å². The number of aromatic nitrogens is 2. The van der Waals surface area contributed by atoms with Crippen molar-refractivity contribution in [2.75, 3.05) is 24.3 Å². The van der Waals surface area contributed by atoms with Crippen molar-refractivity contribution in [3.05, 3.63) is 36.3 Å². The summed E-state index contributed by atoms with van der Waals surface area (Å²) in [6, 6.07) is 7.21. The second-order valence-electron chi connectivity index (χ2n) is 3.72. The lowest BCUT2D eigenvalue weighted by Crippen LogP contribution is -2.03. The quantitative estimate of drug-likeness (QED) is 0.867. The van der Waals surface area contributed by atoms with Gasteiger partial charge in [-0.25, -0.2) is 9.37 Å². The van der Waals surface area contributed by atoms with Crippen LogP contribution in [0.4, 0.5) is 21.8 Å². The number of nitrogens with zero attached hydrogens (tertiary/aromatic N) is 2. The molecule has 2 rings (SSSR count). The number of anilines is 3. The van der Waals surface area contributed by atoms with Crippen LogP contribution in [0.2, 0.25) is 0 Å². The van der Waals surface area contributed by atoms with Crippen molar-refractivity contribution in [1.82, 2.24) is 9.97 Å². The Morgan fingerprint density at radius 1 is 1.26 bits per heavy atom. The fourth-order valence-corrected chi connectivity index (χ4v) is 1.51. The van der Waals surface area contributed by atoms with E-state index in [0.29, 0.717) is 12.6 Å². The van der Waals surface area contributed by atoms with E-state index >= 15 is 0 Å². The highest BCUT2D eigenvalue weighted by molar-refractivity contribution is 5.58. The molecule has 0 radical (unpaired) electrons. The molecule has 0 aliphatic rings. The fourth-order valence-electron chi connectivity index (χ4n) is 1.51. The number of hydrogen-bond acceptors (Lipinski definition) is 5. The lowest BCUT2D eigenvalue weighted by atomic mass is 10.3. The van der Waals surface area contributed by atoms with Gasteiger partial charge in [0.15, 0.2) is 11.6 Å². The van der Waals surface area contributed by atoms with E-state index in [1.165, 1.54) is 0 Å². The third kappa shape index (κ3) is 3.31. The molecule has 100 valence electrons. The van der Waals surface area contributed by atoms with E-state index in [1.807, 2.05) is 19.1 Å². The van der Waals surface area contributed by atoms with Gasteiger partial charge in [-0.2, -0.15) is 4.98 Å². The third-order valence-electron chi connectivity index (χ3n) is 2.40. The highest BCUT2D eigenvalue weighted by Gasteiger charge is 2.06. The molecule has 0 fully saturated rings. The van der Waals surface area contributed by atoms with Gasteiger partial charge in [0, 0.05) is 12.7 Å². The van der Waals surface area contributed by atoms with Gasteiger partial charge in [0.2, 0.25) is 5.95 Å². The van der Waals surface area contributed by atoms with Crippen molar-refractivity contribution in [3.63, 3.8) is 0 Å². The van der Waals surface area contributed by atoms with Crippen LogP contribution in [0.15, 0.2) is 30.5 Å². The standard InChI is InChI=1S/C13H15FN4O/c1-3-19-10-6-4-9(5-7-10)17-12-11(14)8-16-13(15-2)18-12/h4-8H,3H2,1-2H3,(H2,15,16,17,18). The van der Waals surface area contributed by atoms with Gasteiger partial charge < -0.3 is 15.4 Å². The molecule has 19 heavy (non-hydrogen) atoms. The van der Waals surface area contributed by atoms with E-state index in [-0.39, 0.29) is 5.82 Å². The maximum atomic E-state index is 13.6. The van der Waals surface area contributed by atoms with Gasteiger partial charge in [-0.15, -0.1) is 0 Å². The topological polar surface area (TPSA) is 59.1 Å². The molecule has 0 saturated carbocycles. The molecule has 2 aromatic rings. The smallest absolute Gasteiger partial charge is 0.224 e. The number of ether oxygens (including phenoxy) is 1. The van der Waals surface area contributed by atoms with Crippen LogP contribution in [0.5, 0.6) is 5.75 Å². The minimum atomic E-state index is -0.507. The lowest BCUT2D eigenvalue weighted by molar-refractivity contribution is 0.340. The van der Waals surface area contributed by atoms with Crippen molar-refractivity contribution in [2.45, 2.75) is 6.92 Å². The highest BCUT2D eigenvalue weighted by Crippen LogP contribution is 2.21. The zero-order chi connectivity index (χ0) is 13.7. The summed E-state index contributed by atoms with van der Waals surface area (Å²) < 4.78 is 18.9. The Bertz CT molecular complexity index is 545. The van der Waals surface area contributed by atoms with Crippen molar-refractivity contribution < 1.29 is 9.13 Å². The van der Waals surface area contributed by atoms with Crippen molar-refractivity contribution in [1.29, 1.82) is 0 Å². The number of rotatable bonds is 5. The first-order valence-electron chi connectivity index (χ1n) is 5.93. The summed E-state index contributed by atoms with van der Waals surface area (Å²) in [5.74, 6) is 0.748. The summed E-state index contributed by atoms with van der Waals surface area (Å²) in [5, 5.41) is 5.65. The van der Waals surface area contributed by atoms with Crippen LogP contribution in [0, 0.1) is 5.82 Å². The molecule has 1 heterocycles. The van der Waals surface area contributed by atoms with Crippen molar-refractivity contribution >= 4 is 17.5 Å². The normalized spacial score (nSPS) is 10.1. The molecule has 0 atom stereocenters. The van der Waals surface area contributed by atoms with Crippen LogP contribution < -0.4 is 15.4 Å². The molecular formula is C13H15FN4O. The van der Waals surface area contributed by atoms with E-state index < -0.39 is 5.82 Å². The van der Waals surface area contributed by atoms with Crippen LogP contribution in [-0.2, 0) is 0 Å². The summed E-state index contributed by atoms with van der Waals surface area (Å²) in [4.78, 5) is 7.79. The van der Waals surface area contributed by atoms with Crippen LogP contribution in [0.3, 0.4) is 0 Å². The molecule has 6 heteroatoms. The van der Waals surface area contributed by atoms with Crippen LogP contribution in [0.25, 0.3) is 0 Å². The maximum absolute atomic E-state index is 13.6. The zero-order valence-corrected chi connectivity index (χ0v) is 10.8. The maximum Gasteiger partial charge on any atom is 0.224 e. The molecule has 0 aliphatic heterocycles. The first-order valence-corrected chi connectivity index (χ1v) is 5.93. The van der Waals surface area contributed by atoms with Crippen molar-refractivity contribution in [3.8, 4) is 5.75 Å². The molecule has 1 aromatic heterocycles. The summed E-state index contributed by atoms with van der Waals surface area (Å²) in [6.07, 6.45) is 1.12. The summed E-state index contributed by atoms with van der Waals surface area (Å²) in [5.41, 5.74) is 0.725. The van der Waals surface area contributed by atoms with Gasteiger partial charge in [-0.3, -0.25) is 0 Å². The van der Waals surface area contributed by atoms with Crippen LogP contribution in [0.1, 0.15) is 6.92 Å². The Morgan fingerprint density at radius 2 is 2.00 bits per heavy atom. The van der Waals surface area contributed by atoms with Gasteiger partial charge in [-0.1, -0.05) is 0 Å². The van der Waals surface area contributed by atoms with Gasteiger partial charge in [0.1, 0.15) is 5.75 Å². The number of halogens is 1. The SMILES string of the molecule is CCOc1ccc(Nc2nc(NC)ncc2F)cc1. The molecule has 0 bridgehead atoms. The number of hydrogen-bond donors (Lipinski definition) is 2. The predicted molar refractivity (Wildman–Crippen MR) is 72.4 cm³/mol. The molecule has 0 unspecified atom stereocenters. The molecule has 2 N–H and O–H groups in total. The molecule has 1 aromatic carbocycles. The molecular weight excluding hydrogens is 247 g/mol. The lowest BCUT2D eigenvalue weighted by Gasteiger charge is -2.09. The number of nitrogens with one attached hydrogen (secondary N) is 2. The van der Waals surface area contributed by atoms with Gasteiger partial charge in [-0.05, 0) is 31.2 Å². The van der Waals surface area contributed by atoms with E-state index in [0.717, 1.165) is 17.6 Å². The molecule has 5 nitrogen and oxygen atoms in total. The van der Waals surface area contributed by atoms with E-state index in [9.17, 15) is 4.39 Å². The molecule has 0 aliphatic carbocycles. The highest BCUT2D eigenvalue weighted by atomic mass is 19.1. The monoisotopic (exact) mass is 262 g/mol. The summed E-state index contributed by atoms with van der Waals surface area (Å²) in [7, 11) is 1.67. The Hall–Kier alpha value is -2.37. The Morgan fingerprint density at radius 3 is 2.63 bits per heavy atom. The summed E-state index contributed by atoms with van der Waals surface area (Å²) >= 11 is 0. The Balaban J connectivity index is 2.16. The predicted octanol–water partition coefficient (Wildman–Crippen LogP) is 2.80. The minimum Gasteiger partial charge on any atom is -0.494 e. The molecule has 0 amide bonds. The largest absolute Gasteiger partial charge is 0.494 e. The molecule has 0 saturated heterocycles. The first-order chi connectivity index (χ1) is 9.22. The van der Waals surface area contributed by atoms with E-state index in [1.54, 1.807) is 19.2 Å². The molecule has 0 spiro atoms. The fraction of sp³-hybridized carbons (Fsp3) is 0.231. The first kappa shape index (κ1) is 13.1. The Labute approximate surface area is 110 Å². The van der Waals surface area contributed by atoms with Crippen LogP contribution >= 0.6 is 0 Å². The number of benzene rings is 1. The van der Waals surface area contributed by atoms with E-state index in [4.69, 9.17) is 4.74 Å². The average molecular weight is 262 g/mol. The van der Waals surface area contributed by atoms with Crippen molar-refractivity contribution in [2.24, 2.45) is 0 Å². The van der Waals surface area contributed by atoms with Gasteiger partial charge in [0.25, 0.3) is 0 Å². The van der Waals surface area contributed by atoms with Gasteiger partial charge in [0.05, 0.1) is 12.8 Å². The minimum absolute atomic E-state index is 0.128. The third-order valence-corrected chi connectivity index (χ3v) is 2.40. The van der Waals surface area contributed by atoms with Gasteiger partial charge >= 0.3 is 0 Å². The second-order valence-corrected chi connectivity index (χ2v) is 3.72. The Kier molecular flexibility index (Phi) is 4.12.